The van der Waals surface area contributed by atoms with Gasteiger partial charge in [-0.15, -0.1) is 0 Å². The Kier molecular flexibility index (Phi) is 3.52. The van der Waals surface area contributed by atoms with E-state index < -0.39 is 0 Å². The maximum atomic E-state index is 13.7. The minimum atomic E-state index is -0.270. The summed E-state index contributed by atoms with van der Waals surface area (Å²) in [5, 5.41) is 9.52. The maximum absolute atomic E-state index is 13.7. The Hall–Kier alpha value is -1.29. The van der Waals surface area contributed by atoms with Gasteiger partial charge in [0.05, 0.1) is 11.8 Å². The molecule has 0 saturated carbocycles. The molecule has 0 aromatic heterocycles. The molecule has 0 bridgehead atoms. The van der Waals surface area contributed by atoms with Crippen LogP contribution in [0.4, 0.5) is 15.8 Å². The molecule has 1 aromatic carbocycles. The lowest BCUT2D eigenvalue weighted by Gasteiger charge is -2.34. The maximum Gasteiger partial charge on any atom is 0.148 e. The lowest BCUT2D eigenvalue weighted by molar-refractivity contribution is 0.110. The third-order valence-electron chi connectivity index (χ3n) is 3.53. The molecule has 0 radical (unpaired) electrons. The van der Waals surface area contributed by atoms with Gasteiger partial charge in [-0.2, -0.15) is 0 Å². The van der Waals surface area contributed by atoms with E-state index in [-0.39, 0.29) is 11.9 Å². The van der Waals surface area contributed by atoms with Crippen molar-refractivity contribution in [2.45, 2.75) is 25.9 Å². The van der Waals surface area contributed by atoms with Gasteiger partial charge in [-0.05, 0) is 43.9 Å². The van der Waals surface area contributed by atoms with Crippen LogP contribution in [-0.2, 0) is 0 Å². The molecule has 3 nitrogen and oxygen atoms in total. The van der Waals surface area contributed by atoms with Crippen molar-refractivity contribution in [3.63, 3.8) is 0 Å². The predicted octanol–water partition coefficient (Wildman–Crippen LogP) is 2.01. The van der Waals surface area contributed by atoms with Crippen LogP contribution in [0.5, 0.6) is 0 Å². The summed E-state index contributed by atoms with van der Waals surface area (Å²) in [7, 11) is 0. The third kappa shape index (κ3) is 2.69. The molecular weight excluding hydrogens is 219 g/mol. The number of hydrogen-bond acceptors (Lipinski definition) is 3. The fourth-order valence-electron chi connectivity index (χ4n) is 2.40. The zero-order chi connectivity index (χ0) is 12.4. The number of anilines is 2. The number of aliphatic hydroxyl groups excluding tert-OH is 1. The average Bonchev–Trinajstić information content (AvgIpc) is 2.29. The molecule has 0 aliphatic carbocycles. The van der Waals surface area contributed by atoms with E-state index in [2.05, 4.69) is 0 Å². The molecule has 1 saturated heterocycles. The molecule has 1 fully saturated rings. The van der Waals surface area contributed by atoms with Crippen molar-refractivity contribution in [3.05, 3.63) is 24.0 Å². The smallest absolute Gasteiger partial charge is 0.148 e. The van der Waals surface area contributed by atoms with Crippen molar-refractivity contribution in [2.75, 3.05) is 23.7 Å². The van der Waals surface area contributed by atoms with E-state index in [1.54, 1.807) is 12.1 Å². The summed E-state index contributed by atoms with van der Waals surface area (Å²) < 4.78 is 13.7. The van der Waals surface area contributed by atoms with Crippen LogP contribution in [0.25, 0.3) is 0 Å². The molecule has 2 rings (SSSR count). The highest BCUT2D eigenvalue weighted by molar-refractivity contribution is 5.54. The number of benzene rings is 1. The Balaban J connectivity index is 2.05. The highest BCUT2D eigenvalue weighted by atomic mass is 19.1. The number of nitrogens with zero attached hydrogens (tertiary/aromatic N) is 1. The van der Waals surface area contributed by atoms with E-state index in [4.69, 9.17) is 5.73 Å². The first-order valence-electron chi connectivity index (χ1n) is 6.06. The van der Waals surface area contributed by atoms with Gasteiger partial charge < -0.3 is 15.7 Å². The van der Waals surface area contributed by atoms with Crippen LogP contribution >= 0.6 is 0 Å². The molecule has 0 spiro atoms. The normalized spacial score (nSPS) is 19.4. The Morgan fingerprint density at radius 3 is 2.59 bits per heavy atom. The summed E-state index contributed by atoms with van der Waals surface area (Å²) in [6, 6.07) is 4.81. The van der Waals surface area contributed by atoms with Gasteiger partial charge in [0.15, 0.2) is 0 Å². The van der Waals surface area contributed by atoms with E-state index in [0.29, 0.717) is 17.3 Å². The molecule has 1 aliphatic heterocycles. The summed E-state index contributed by atoms with van der Waals surface area (Å²) in [6.45, 7) is 3.40. The average molecular weight is 238 g/mol. The van der Waals surface area contributed by atoms with E-state index in [1.165, 1.54) is 6.07 Å². The fourth-order valence-corrected chi connectivity index (χ4v) is 2.40. The van der Waals surface area contributed by atoms with E-state index in [0.717, 1.165) is 25.9 Å². The van der Waals surface area contributed by atoms with Crippen molar-refractivity contribution < 1.29 is 9.50 Å². The lowest BCUT2D eigenvalue weighted by atomic mass is 9.92. The second-order valence-corrected chi connectivity index (χ2v) is 4.78. The molecule has 3 N–H and O–H groups in total. The number of halogens is 1. The number of rotatable bonds is 2. The van der Waals surface area contributed by atoms with Gasteiger partial charge >= 0.3 is 0 Å². The second-order valence-electron chi connectivity index (χ2n) is 4.78. The van der Waals surface area contributed by atoms with Crippen molar-refractivity contribution in [3.8, 4) is 0 Å². The molecule has 17 heavy (non-hydrogen) atoms. The van der Waals surface area contributed by atoms with Gasteiger partial charge in [-0.25, -0.2) is 4.39 Å². The molecule has 1 aromatic rings. The van der Waals surface area contributed by atoms with Crippen LogP contribution < -0.4 is 10.6 Å². The van der Waals surface area contributed by atoms with Crippen LogP contribution in [0.3, 0.4) is 0 Å². The molecular formula is C13H19FN2O. The van der Waals surface area contributed by atoms with E-state index >= 15 is 0 Å². The Labute approximate surface area is 101 Å². The van der Waals surface area contributed by atoms with Gasteiger partial charge in [-0.1, -0.05) is 0 Å². The molecule has 1 heterocycles. The number of nitrogen functional groups attached to an aromatic ring is 1. The number of aliphatic hydroxyl groups is 1. The Morgan fingerprint density at radius 2 is 2.06 bits per heavy atom. The minimum absolute atomic E-state index is 0.263. The molecule has 1 aliphatic rings. The first-order chi connectivity index (χ1) is 8.08. The molecule has 4 heteroatoms. The first kappa shape index (κ1) is 12.2. The van der Waals surface area contributed by atoms with Crippen LogP contribution in [0, 0.1) is 11.7 Å². The van der Waals surface area contributed by atoms with Gasteiger partial charge in [0, 0.05) is 18.8 Å². The van der Waals surface area contributed by atoms with Crippen LogP contribution in [0.15, 0.2) is 18.2 Å². The quantitative estimate of drug-likeness (QED) is 0.775. The summed E-state index contributed by atoms with van der Waals surface area (Å²) in [4.78, 5) is 2.02. The van der Waals surface area contributed by atoms with Gasteiger partial charge in [0.1, 0.15) is 5.82 Å². The first-order valence-corrected chi connectivity index (χ1v) is 6.06. The minimum Gasteiger partial charge on any atom is -0.399 e. The monoisotopic (exact) mass is 238 g/mol. The third-order valence-corrected chi connectivity index (χ3v) is 3.53. The number of hydrogen-bond donors (Lipinski definition) is 2. The van der Waals surface area contributed by atoms with E-state index in [9.17, 15) is 9.50 Å². The molecule has 0 amide bonds. The summed E-state index contributed by atoms with van der Waals surface area (Å²) in [6.07, 6.45) is 1.54. The van der Waals surface area contributed by atoms with Crippen LogP contribution in [0.2, 0.25) is 0 Å². The Bertz CT molecular complexity index is 387. The second kappa shape index (κ2) is 4.92. The largest absolute Gasteiger partial charge is 0.399 e. The van der Waals surface area contributed by atoms with Crippen LogP contribution in [0.1, 0.15) is 19.8 Å². The summed E-state index contributed by atoms with van der Waals surface area (Å²) in [5.41, 5.74) is 6.59. The van der Waals surface area contributed by atoms with Gasteiger partial charge in [0.2, 0.25) is 0 Å². The summed E-state index contributed by atoms with van der Waals surface area (Å²) in [5.74, 6) is 0.0728. The van der Waals surface area contributed by atoms with Crippen molar-refractivity contribution >= 4 is 11.4 Å². The van der Waals surface area contributed by atoms with Crippen molar-refractivity contribution in [1.82, 2.24) is 0 Å². The SMILES string of the molecule is CC(O)C1CCN(c2ccc(N)cc2F)CC1. The number of nitrogens with two attached hydrogens (primary N) is 1. The topological polar surface area (TPSA) is 49.5 Å². The predicted molar refractivity (Wildman–Crippen MR) is 67.4 cm³/mol. The standard InChI is InChI=1S/C13H19FN2O/c1-9(17)10-4-6-16(7-5-10)13-3-2-11(15)8-12(13)14/h2-3,8-10,17H,4-7,15H2,1H3. The highest BCUT2D eigenvalue weighted by Gasteiger charge is 2.23. The zero-order valence-corrected chi connectivity index (χ0v) is 10.1. The molecule has 1 atom stereocenters. The van der Waals surface area contributed by atoms with Gasteiger partial charge in [-0.3, -0.25) is 0 Å². The Morgan fingerprint density at radius 1 is 1.41 bits per heavy atom. The number of piperidine rings is 1. The molecule has 1 unspecified atom stereocenters. The lowest BCUT2D eigenvalue weighted by Crippen LogP contribution is -2.37. The fraction of sp³-hybridized carbons (Fsp3) is 0.538. The molecule has 94 valence electrons. The summed E-state index contributed by atoms with van der Waals surface area (Å²) >= 11 is 0. The van der Waals surface area contributed by atoms with E-state index in [1.807, 2.05) is 11.8 Å². The van der Waals surface area contributed by atoms with Gasteiger partial charge in [0.25, 0.3) is 0 Å². The highest BCUT2D eigenvalue weighted by Crippen LogP contribution is 2.28. The van der Waals surface area contributed by atoms with Crippen molar-refractivity contribution in [2.24, 2.45) is 5.92 Å². The zero-order valence-electron chi connectivity index (χ0n) is 10.1. The van der Waals surface area contributed by atoms with Crippen LogP contribution in [-0.4, -0.2) is 24.3 Å². The van der Waals surface area contributed by atoms with Crippen molar-refractivity contribution in [1.29, 1.82) is 0 Å².